The molecule has 1 aromatic carbocycles. The standard InChI is InChI=1S/C15H15ClF2N2O.ClH/c16-14-11(18)4-3-10(17)13(14)15(12-2-1-9-21-12)20-7-5-19-6-8-20;/h1-4,9,15,19H,5-8H2;1H/t15-;/m0./s1. The van der Waals surface area contributed by atoms with E-state index in [4.69, 9.17) is 16.0 Å². The SMILES string of the molecule is Cl.Fc1ccc(F)c([C@H](c2ccco2)N2CCNCC2)c1Cl. The molecule has 0 spiro atoms. The number of hydrogen-bond acceptors (Lipinski definition) is 3. The summed E-state index contributed by atoms with van der Waals surface area (Å²) >= 11 is 6.03. The summed E-state index contributed by atoms with van der Waals surface area (Å²) in [6.07, 6.45) is 1.52. The number of nitrogens with one attached hydrogen (secondary N) is 1. The van der Waals surface area contributed by atoms with Crippen LogP contribution < -0.4 is 5.32 Å². The normalized spacial score (nSPS) is 17.0. The first kappa shape index (κ1) is 17.2. The highest BCUT2D eigenvalue weighted by molar-refractivity contribution is 6.31. The van der Waals surface area contributed by atoms with Crippen molar-refractivity contribution in [2.24, 2.45) is 0 Å². The summed E-state index contributed by atoms with van der Waals surface area (Å²) in [5.41, 5.74) is 0.133. The molecule has 0 bridgehead atoms. The fourth-order valence-electron chi connectivity index (χ4n) is 2.69. The van der Waals surface area contributed by atoms with Crippen molar-refractivity contribution in [1.82, 2.24) is 10.2 Å². The van der Waals surface area contributed by atoms with E-state index >= 15 is 0 Å². The molecule has 0 saturated carbocycles. The minimum Gasteiger partial charge on any atom is -0.467 e. The van der Waals surface area contributed by atoms with Gasteiger partial charge >= 0.3 is 0 Å². The van der Waals surface area contributed by atoms with Crippen LogP contribution in [-0.4, -0.2) is 31.1 Å². The predicted molar refractivity (Wildman–Crippen MR) is 83.6 cm³/mol. The van der Waals surface area contributed by atoms with Crippen LogP contribution >= 0.6 is 24.0 Å². The highest BCUT2D eigenvalue weighted by Gasteiger charge is 2.31. The topological polar surface area (TPSA) is 28.4 Å². The fourth-order valence-corrected chi connectivity index (χ4v) is 2.94. The second kappa shape index (κ2) is 7.42. The molecule has 1 N–H and O–H groups in total. The number of halogens is 4. The van der Waals surface area contributed by atoms with Crippen LogP contribution in [0.3, 0.4) is 0 Å². The molecule has 3 nitrogen and oxygen atoms in total. The molecule has 1 fully saturated rings. The van der Waals surface area contributed by atoms with E-state index in [-0.39, 0.29) is 23.0 Å². The molecule has 120 valence electrons. The van der Waals surface area contributed by atoms with E-state index in [0.29, 0.717) is 18.8 Å². The van der Waals surface area contributed by atoms with Crippen molar-refractivity contribution in [2.45, 2.75) is 6.04 Å². The van der Waals surface area contributed by atoms with Crippen molar-refractivity contribution in [2.75, 3.05) is 26.2 Å². The first-order valence-corrected chi connectivity index (χ1v) is 7.18. The lowest BCUT2D eigenvalue weighted by Gasteiger charge is -2.34. The third-order valence-corrected chi connectivity index (χ3v) is 4.07. The van der Waals surface area contributed by atoms with Gasteiger partial charge in [0.25, 0.3) is 0 Å². The van der Waals surface area contributed by atoms with Gasteiger partial charge in [0.05, 0.1) is 17.3 Å². The second-order valence-corrected chi connectivity index (χ2v) is 5.34. The van der Waals surface area contributed by atoms with E-state index in [1.54, 1.807) is 12.1 Å². The highest BCUT2D eigenvalue weighted by Crippen LogP contribution is 2.36. The molecule has 1 aliphatic heterocycles. The summed E-state index contributed by atoms with van der Waals surface area (Å²) in [6.45, 7) is 2.98. The molecule has 0 unspecified atom stereocenters. The van der Waals surface area contributed by atoms with Gasteiger partial charge in [0.15, 0.2) is 0 Å². The number of furan rings is 1. The Morgan fingerprint density at radius 3 is 2.45 bits per heavy atom. The number of rotatable bonds is 3. The summed E-state index contributed by atoms with van der Waals surface area (Å²) in [5, 5.41) is 3.05. The molecule has 0 aliphatic carbocycles. The van der Waals surface area contributed by atoms with Crippen LogP contribution in [0, 0.1) is 11.6 Å². The van der Waals surface area contributed by atoms with Gasteiger partial charge in [-0.3, -0.25) is 4.90 Å². The maximum absolute atomic E-state index is 14.3. The first-order valence-electron chi connectivity index (χ1n) is 6.80. The average molecular weight is 349 g/mol. The van der Waals surface area contributed by atoms with E-state index in [1.807, 2.05) is 4.90 Å². The molecule has 1 atom stereocenters. The van der Waals surface area contributed by atoms with Crippen LogP contribution in [0.1, 0.15) is 17.4 Å². The van der Waals surface area contributed by atoms with Gasteiger partial charge in [-0.25, -0.2) is 8.78 Å². The summed E-state index contributed by atoms with van der Waals surface area (Å²) < 4.78 is 33.5. The van der Waals surface area contributed by atoms with Crippen LogP contribution in [0.2, 0.25) is 5.02 Å². The first-order chi connectivity index (χ1) is 10.2. The Hall–Kier alpha value is -1.14. The molecule has 3 rings (SSSR count). The second-order valence-electron chi connectivity index (χ2n) is 4.96. The van der Waals surface area contributed by atoms with Crippen LogP contribution in [0.15, 0.2) is 34.9 Å². The van der Waals surface area contributed by atoms with E-state index in [1.165, 1.54) is 6.26 Å². The van der Waals surface area contributed by atoms with E-state index in [2.05, 4.69) is 5.32 Å². The number of nitrogens with zero attached hydrogens (tertiary/aromatic N) is 1. The fraction of sp³-hybridized carbons (Fsp3) is 0.333. The minimum atomic E-state index is -0.625. The Kier molecular flexibility index (Phi) is 5.81. The molecular weight excluding hydrogens is 333 g/mol. The Labute approximate surface area is 138 Å². The van der Waals surface area contributed by atoms with Gasteiger partial charge in [0.1, 0.15) is 17.4 Å². The third-order valence-electron chi connectivity index (χ3n) is 3.68. The van der Waals surface area contributed by atoms with Gasteiger partial charge in [0.2, 0.25) is 0 Å². The Balaban J connectivity index is 0.00000176. The van der Waals surface area contributed by atoms with Crippen molar-refractivity contribution in [1.29, 1.82) is 0 Å². The highest BCUT2D eigenvalue weighted by atomic mass is 35.5. The molecule has 22 heavy (non-hydrogen) atoms. The van der Waals surface area contributed by atoms with Crippen LogP contribution in [0.25, 0.3) is 0 Å². The molecule has 2 aromatic rings. The zero-order valence-corrected chi connectivity index (χ0v) is 13.3. The maximum atomic E-state index is 14.3. The lowest BCUT2D eigenvalue weighted by Crippen LogP contribution is -2.45. The van der Waals surface area contributed by atoms with Crippen molar-refractivity contribution in [3.05, 3.63) is 58.5 Å². The summed E-state index contributed by atoms with van der Waals surface area (Å²) in [5.74, 6) is -0.593. The maximum Gasteiger partial charge on any atom is 0.142 e. The van der Waals surface area contributed by atoms with Crippen molar-refractivity contribution in [3.8, 4) is 0 Å². The molecule has 2 heterocycles. The van der Waals surface area contributed by atoms with E-state index in [9.17, 15) is 8.78 Å². The van der Waals surface area contributed by atoms with Crippen LogP contribution in [0.4, 0.5) is 8.78 Å². The van der Waals surface area contributed by atoms with Crippen LogP contribution in [0.5, 0.6) is 0 Å². The Morgan fingerprint density at radius 1 is 1.14 bits per heavy atom. The van der Waals surface area contributed by atoms with Gasteiger partial charge in [-0.1, -0.05) is 11.6 Å². The van der Waals surface area contributed by atoms with E-state index < -0.39 is 17.7 Å². The quantitative estimate of drug-likeness (QED) is 0.858. The van der Waals surface area contributed by atoms with Crippen molar-refractivity contribution >= 4 is 24.0 Å². The number of benzene rings is 1. The summed E-state index contributed by atoms with van der Waals surface area (Å²) in [4.78, 5) is 2.04. The molecule has 7 heteroatoms. The smallest absolute Gasteiger partial charge is 0.142 e. The lowest BCUT2D eigenvalue weighted by molar-refractivity contribution is 0.177. The van der Waals surface area contributed by atoms with Gasteiger partial charge in [0, 0.05) is 31.7 Å². The van der Waals surface area contributed by atoms with Gasteiger partial charge in [-0.15, -0.1) is 12.4 Å². The van der Waals surface area contributed by atoms with E-state index in [0.717, 1.165) is 25.2 Å². The van der Waals surface area contributed by atoms with Crippen LogP contribution in [-0.2, 0) is 0 Å². The van der Waals surface area contributed by atoms with Crippen molar-refractivity contribution in [3.63, 3.8) is 0 Å². The third kappa shape index (κ3) is 3.27. The number of hydrogen-bond donors (Lipinski definition) is 1. The molecule has 0 amide bonds. The molecule has 0 radical (unpaired) electrons. The Morgan fingerprint density at radius 2 is 1.82 bits per heavy atom. The molecule has 1 aromatic heterocycles. The zero-order valence-electron chi connectivity index (χ0n) is 11.7. The zero-order chi connectivity index (χ0) is 14.8. The average Bonchev–Trinajstić information content (AvgIpc) is 3.02. The monoisotopic (exact) mass is 348 g/mol. The number of piperazine rings is 1. The largest absolute Gasteiger partial charge is 0.467 e. The minimum absolute atomic E-state index is 0. The molecule has 1 saturated heterocycles. The molecule has 1 aliphatic rings. The molecular formula is C15H16Cl2F2N2O. The van der Waals surface area contributed by atoms with Gasteiger partial charge < -0.3 is 9.73 Å². The van der Waals surface area contributed by atoms with Gasteiger partial charge in [-0.2, -0.15) is 0 Å². The lowest BCUT2D eigenvalue weighted by atomic mass is 10.0. The summed E-state index contributed by atoms with van der Waals surface area (Å²) in [7, 11) is 0. The predicted octanol–water partition coefficient (Wildman–Crippen LogP) is 3.63. The summed E-state index contributed by atoms with van der Waals surface area (Å²) in [6, 6.07) is 5.11. The van der Waals surface area contributed by atoms with Gasteiger partial charge in [-0.05, 0) is 24.3 Å². The van der Waals surface area contributed by atoms with Crippen molar-refractivity contribution < 1.29 is 13.2 Å². The Bertz CT molecular complexity index is 616.